The molecular formula is C36H66N4O5+2. The molecule has 0 aromatic carbocycles. The smallest absolute Gasteiger partial charge is 0.306 e. The van der Waals surface area contributed by atoms with Gasteiger partial charge in [0.25, 0.3) is 0 Å². The van der Waals surface area contributed by atoms with Crippen LogP contribution in [0.1, 0.15) is 98.3 Å². The first-order chi connectivity index (χ1) is 21.1. The van der Waals surface area contributed by atoms with Crippen LogP contribution in [0.4, 0.5) is 0 Å². The van der Waals surface area contributed by atoms with Crippen molar-refractivity contribution in [2.24, 2.45) is 28.9 Å². The van der Waals surface area contributed by atoms with E-state index in [9.17, 15) is 9.59 Å². The molecule has 1 saturated carbocycles. The number of hydrogen-bond donors (Lipinski definition) is 2. The van der Waals surface area contributed by atoms with E-state index in [0.29, 0.717) is 24.9 Å². The summed E-state index contributed by atoms with van der Waals surface area (Å²) in [6, 6.07) is 0.248. The summed E-state index contributed by atoms with van der Waals surface area (Å²) in [5.74, 6) is 1.03. The molecule has 4 aliphatic rings. The van der Waals surface area contributed by atoms with Crippen LogP contribution in [0.25, 0.3) is 0 Å². The zero-order valence-corrected chi connectivity index (χ0v) is 29.9. The van der Waals surface area contributed by atoms with Gasteiger partial charge in [0.2, 0.25) is 0 Å². The number of esters is 2. The van der Waals surface area contributed by atoms with Crippen molar-refractivity contribution in [3.63, 3.8) is 0 Å². The van der Waals surface area contributed by atoms with E-state index in [1.54, 1.807) is 0 Å². The monoisotopic (exact) mass is 635 g/mol. The molecule has 258 valence electrons. The Bertz CT molecular complexity index is 1040. The largest absolute Gasteiger partial charge is 0.482 e. The van der Waals surface area contributed by atoms with Crippen molar-refractivity contribution in [2.75, 3.05) is 61.0 Å². The van der Waals surface area contributed by atoms with Crippen LogP contribution < -0.4 is 10.6 Å². The van der Waals surface area contributed by atoms with Gasteiger partial charge in [0, 0.05) is 30.5 Å². The van der Waals surface area contributed by atoms with Crippen LogP contribution in [0.5, 0.6) is 0 Å². The molecule has 0 radical (unpaired) electrons. The van der Waals surface area contributed by atoms with Gasteiger partial charge >= 0.3 is 11.9 Å². The first kappa shape index (κ1) is 36.2. The molecule has 0 aromatic heterocycles. The molecule has 3 fully saturated rings. The maximum atomic E-state index is 12.7. The lowest BCUT2D eigenvalue weighted by atomic mass is 9.58. The van der Waals surface area contributed by atoms with Gasteiger partial charge in [-0.25, -0.2) is 0 Å². The molecule has 2 saturated heterocycles. The number of nitrogens with two attached hydrogens (primary N) is 1. The van der Waals surface area contributed by atoms with E-state index in [2.05, 4.69) is 60.8 Å². The zero-order valence-electron chi connectivity index (χ0n) is 29.9. The minimum atomic E-state index is -0.332. The first-order valence-corrected chi connectivity index (χ1v) is 18.0. The first-order valence-electron chi connectivity index (χ1n) is 18.0. The summed E-state index contributed by atoms with van der Waals surface area (Å²) in [5.41, 5.74) is 8.27. The normalized spacial score (nSPS) is 32.9. The highest BCUT2D eigenvalue weighted by Gasteiger charge is 2.59. The molecule has 9 heteroatoms. The van der Waals surface area contributed by atoms with Crippen LogP contribution in [0, 0.1) is 23.2 Å². The number of nitrogens with zero attached hydrogens (tertiary/aromatic N) is 2. The molecule has 4 rings (SSSR count). The third kappa shape index (κ3) is 9.02. The SMILES string of the molecule is CC(C)CCCC(N)C1CCN2C3OC=C4CC(OC(=O)CCC(=O)OCC[NH+](C)CC[N+](C)(C)C)CCC4(C)C3CCC12C. The number of piperidine rings is 1. The van der Waals surface area contributed by atoms with Crippen molar-refractivity contribution in [3.05, 3.63) is 11.8 Å². The fourth-order valence-electron chi connectivity index (χ4n) is 8.62. The molecule has 8 unspecified atom stereocenters. The molecular weight excluding hydrogens is 568 g/mol. The highest BCUT2D eigenvalue weighted by atomic mass is 16.5. The summed E-state index contributed by atoms with van der Waals surface area (Å²) in [7, 11) is 8.64. The molecule has 3 N–H and O–H groups in total. The second-order valence-electron chi connectivity index (χ2n) is 16.7. The highest BCUT2D eigenvalue weighted by molar-refractivity contribution is 5.77. The molecule has 0 spiro atoms. The topological polar surface area (TPSA) is 95.5 Å². The Morgan fingerprint density at radius 2 is 1.82 bits per heavy atom. The van der Waals surface area contributed by atoms with Crippen LogP contribution in [-0.4, -0.2) is 106 Å². The van der Waals surface area contributed by atoms with E-state index in [0.717, 1.165) is 75.1 Å². The molecule has 0 aromatic rings. The molecule has 3 aliphatic heterocycles. The maximum Gasteiger partial charge on any atom is 0.306 e. The Labute approximate surface area is 273 Å². The molecule has 9 nitrogen and oxygen atoms in total. The van der Waals surface area contributed by atoms with E-state index in [4.69, 9.17) is 19.9 Å². The van der Waals surface area contributed by atoms with Crippen molar-refractivity contribution in [1.82, 2.24) is 4.90 Å². The number of hydrogen-bond acceptors (Lipinski definition) is 7. The van der Waals surface area contributed by atoms with Gasteiger partial charge in [-0.3, -0.25) is 14.5 Å². The fraction of sp³-hybridized carbons (Fsp3) is 0.889. The van der Waals surface area contributed by atoms with Crippen LogP contribution in [-0.2, 0) is 23.8 Å². The highest BCUT2D eigenvalue weighted by Crippen LogP contribution is 2.58. The minimum absolute atomic E-state index is 0.0511. The van der Waals surface area contributed by atoms with Gasteiger partial charge < -0.3 is 29.3 Å². The Kier molecular flexibility index (Phi) is 12.1. The van der Waals surface area contributed by atoms with Crippen LogP contribution >= 0.6 is 0 Å². The molecule has 3 heterocycles. The molecule has 0 amide bonds. The van der Waals surface area contributed by atoms with Crippen LogP contribution in [0.3, 0.4) is 0 Å². The van der Waals surface area contributed by atoms with Gasteiger partial charge in [-0.05, 0) is 68.3 Å². The molecule has 45 heavy (non-hydrogen) atoms. The molecule has 0 bridgehead atoms. The minimum Gasteiger partial charge on any atom is -0.482 e. The van der Waals surface area contributed by atoms with Crippen LogP contribution in [0.15, 0.2) is 11.8 Å². The second-order valence-corrected chi connectivity index (χ2v) is 16.7. The van der Waals surface area contributed by atoms with Gasteiger partial charge in [-0.1, -0.05) is 33.6 Å². The summed E-state index contributed by atoms with van der Waals surface area (Å²) in [6.07, 6.45) is 11.6. The molecule has 8 atom stereocenters. The standard InChI is InChI=1S/C36H65N4O5/c1-26(2)10-9-11-31(37)29-16-19-39-34-30(15-18-36(29,39)4)35(3)17-14-28(24-27(35)25-44-34)45-33(42)13-12-32(41)43-23-21-38(5)20-22-40(6,7)8/h25-26,28-31,34H,9-24,37H2,1-8H3/q+1/p+1. The van der Waals surface area contributed by atoms with Gasteiger partial charge in [0.15, 0.2) is 6.23 Å². The number of quaternary nitrogens is 2. The van der Waals surface area contributed by atoms with Crippen molar-refractivity contribution >= 4 is 11.9 Å². The third-order valence-electron chi connectivity index (χ3n) is 11.8. The number of ether oxygens (including phenoxy) is 3. The van der Waals surface area contributed by atoms with Gasteiger partial charge in [0.05, 0.1) is 47.3 Å². The van der Waals surface area contributed by atoms with E-state index < -0.39 is 0 Å². The van der Waals surface area contributed by atoms with E-state index in [1.165, 1.54) is 23.3 Å². The van der Waals surface area contributed by atoms with Crippen molar-refractivity contribution < 1.29 is 33.2 Å². The predicted octanol–water partition coefficient (Wildman–Crippen LogP) is 3.52. The summed E-state index contributed by atoms with van der Waals surface area (Å²) < 4.78 is 18.8. The lowest BCUT2D eigenvalue weighted by molar-refractivity contribution is -0.933. The summed E-state index contributed by atoms with van der Waals surface area (Å²) >= 11 is 0. The Balaban J connectivity index is 1.22. The second kappa shape index (κ2) is 15.0. The number of likely N-dealkylation sites (N-methyl/N-ethyl adjacent to an activating group) is 2. The van der Waals surface area contributed by atoms with E-state index in [-0.39, 0.29) is 54.1 Å². The Morgan fingerprint density at radius 3 is 2.53 bits per heavy atom. The van der Waals surface area contributed by atoms with E-state index in [1.807, 2.05) is 6.26 Å². The fourth-order valence-corrected chi connectivity index (χ4v) is 8.62. The molecule has 1 aliphatic carbocycles. The van der Waals surface area contributed by atoms with Gasteiger partial charge in [0.1, 0.15) is 32.3 Å². The quantitative estimate of drug-likeness (QED) is 0.210. The number of carbonyl (C=O) groups excluding carboxylic acids is 2. The van der Waals surface area contributed by atoms with Gasteiger partial charge in [-0.15, -0.1) is 0 Å². The summed E-state index contributed by atoms with van der Waals surface area (Å²) in [5, 5.41) is 0. The average molecular weight is 635 g/mol. The maximum absolute atomic E-state index is 12.7. The summed E-state index contributed by atoms with van der Waals surface area (Å²) in [6.45, 7) is 13.7. The van der Waals surface area contributed by atoms with Crippen molar-refractivity contribution in [2.45, 2.75) is 122 Å². The van der Waals surface area contributed by atoms with Crippen molar-refractivity contribution in [1.29, 1.82) is 0 Å². The number of rotatable bonds is 15. The number of carbonyl (C=O) groups is 2. The third-order valence-corrected chi connectivity index (χ3v) is 11.8. The number of nitrogens with one attached hydrogen (secondary N) is 1. The Hall–Kier alpha value is -1.68. The summed E-state index contributed by atoms with van der Waals surface area (Å²) in [4.78, 5) is 28.9. The Morgan fingerprint density at radius 1 is 1.09 bits per heavy atom. The average Bonchev–Trinajstić information content (AvgIpc) is 3.32. The van der Waals surface area contributed by atoms with Crippen LogP contribution in [0.2, 0.25) is 0 Å². The predicted molar refractivity (Wildman–Crippen MR) is 177 cm³/mol. The van der Waals surface area contributed by atoms with Gasteiger partial charge in [-0.2, -0.15) is 0 Å². The number of fused-ring (bicyclic) bond motifs is 5. The lowest BCUT2D eigenvalue weighted by Crippen LogP contribution is -3.10. The zero-order chi connectivity index (χ0) is 33.0. The lowest BCUT2D eigenvalue weighted by Gasteiger charge is -2.58. The van der Waals surface area contributed by atoms with E-state index >= 15 is 0 Å². The van der Waals surface area contributed by atoms with Crippen molar-refractivity contribution in [3.8, 4) is 0 Å².